The number of carbonyl (C=O) groups excluding carboxylic acids is 1. The highest BCUT2D eigenvalue weighted by Crippen LogP contribution is 2.34. The van der Waals surface area contributed by atoms with Crippen LogP contribution in [0.15, 0.2) is 40.9 Å². The lowest BCUT2D eigenvalue weighted by Gasteiger charge is -2.39. The first-order chi connectivity index (χ1) is 13.0. The van der Waals surface area contributed by atoms with Crippen molar-refractivity contribution in [3.05, 3.63) is 53.4 Å². The Bertz CT molecular complexity index is 730. The Morgan fingerprint density at radius 2 is 1.96 bits per heavy atom. The third-order valence-electron chi connectivity index (χ3n) is 5.70. The molecule has 1 amide bonds. The SMILES string of the molecule is CCC1(CO)CCN(C(=O)c2cc(CN(C)Cc3ccccc3)on2)CC1. The van der Waals surface area contributed by atoms with E-state index in [0.717, 1.165) is 25.8 Å². The number of rotatable bonds is 7. The second-order valence-electron chi connectivity index (χ2n) is 7.64. The number of amides is 1. The van der Waals surface area contributed by atoms with Crippen molar-refractivity contribution in [1.29, 1.82) is 0 Å². The lowest BCUT2D eigenvalue weighted by atomic mass is 9.77. The molecule has 0 bridgehead atoms. The van der Waals surface area contributed by atoms with Crippen LogP contribution in [0, 0.1) is 5.41 Å². The van der Waals surface area contributed by atoms with Crippen LogP contribution in [-0.2, 0) is 13.1 Å². The number of aliphatic hydroxyl groups excluding tert-OH is 1. The van der Waals surface area contributed by atoms with E-state index in [0.29, 0.717) is 31.1 Å². The Balaban J connectivity index is 1.55. The Morgan fingerprint density at radius 1 is 1.26 bits per heavy atom. The van der Waals surface area contributed by atoms with E-state index in [1.165, 1.54) is 5.56 Å². The quantitative estimate of drug-likeness (QED) is 0.810. The first-order valence-corrected chi connectivity index (χ1v) is 9.63. The predicted octanol–water partition coefficient (Wildman–Crippen LogP) is 2.93. The van der Waals surface area contributed by atoms with Crippen LogP contribution < -0.4 is 0 Å². The normalized spacial score (nSPS) is 16.7. The van der Waals surface area contributed by atoms with E-state index in [2.05, 4.69) is 29.1 Å². The van der Waals surface area contributed by atoms with Gasteiger partial charge in [-0.25, -0.2) is 0 Å². The summed E-state index contributed by atoms with van der Waals surface area (Å²) >= 11 is 0. The number of aromatic nitrogens is 1. The van der Waals surface area contributed by atoms with Crippen molar-refractivity contribution in [3.8, 4) is 0 Å². The molecular weight excluding hydrogens is 342 g/mol. The number of hydrogen-bond donors (Lipinski definition) is 1. The summed E-state index contributed by atoms with van der Waals surface area (Å²) in [5.74, 6) is 0.602. The van der Waals surface area contributed by atoms with E-state index >= 15 is 0 Å². The molecule has 1 aliphatic rings. The Labute approximate surface area is 160 Å². The third kappa shape index (κ3) is 4.76. The molecule has 146 valence electrons. The molecule has 6 heteroatoms. The van der Waals surface area contributed by atoms with Crippen LogP contribution in [0.5, 0.6) is 0 Å². The fourth-order valence-corrected chi connectivity index (χ4v) is 3.67. The van der Waals surface area contributed by atoms with Gasteiger partial charge in [-0.3, -0.25) is 9.69 Å². The molecule has 3 rings (SSSR count). The van der Waals surface area contributed by atoms with Crippen LogP contribution >= 0.6 is 0 Å². The molecule has 2 heterocycles. The largest absolute Gasteiger partial charge is 0.396 e. The molecule has 0 atom stereocenters. The standard InChI is InChI=1S/C21H29N3O3/c1-3-21(16-25)9-11-24(12-10-21)20(26)19-13-18(27-22-19)15-23(2)14-17-7-5-4-6-8-17/h4-8,13,25H,3,9-12,14-16H2,1-2H3. The van der Waals surface area contributed by atoms with Gasteiger partial charge in [0.15, 0.2) is 11.5 Å². The number of benzene rings is 1. The summed E-state index contributed by atoms with van der Waals surface area (Å²) in [4.78, 5) is 16.7. The number of nitrogens with zero attached hydrogens (tertiary/aromatic N) is 3. The maximum absolute atomic E-state index is 12.7. The van der Waals surface area contributed by atoms with Gasteiger partial charge < -0.3 is 14.5 Å². The minimum atomic E-state index is -0.0849. The minimum absolute atomic E-state index is 0.0358. The van der Waals surface area contributed by atoms with Crippen molar-refractivity contribution in [1.82, 2.24) is 15.0 Å². The summed E-state index contributed by atoms with van der Waals surface area (Å²) in [6.45, 7) is 5.00. The molecule has 1 aromatic heterocycles. The fourth-order valence-electron chi connectivity index (χ4n) is 3.67. The van der Waals surface area contributed by atoms with Crippen molar-refractivity contribution in [3.63, 3.8) is 0 Å². The van der Waals surface area contributed by atoms with Crippen LogP contribution in [-0.4, -0.2) is 52.7 Å². The molecule has 1 aliphatic heterocycles. The Hall–Kier alpha value is -2.18. The van der Waals surface area contributed by atoms with Gasteiger partial charge in [-0.2, -0.15) is 0 Å². The van der Waals surface area contributed by atoms with Crippen LogP contribution in [0.25, 0.3) is 0 Å². The van der Waals surface area contributed by atoms with Gasteiger partial charge in [0.2, 0.25) is 0 Å². The van der Waals surface area contributed by atoms with Crippen molar-refractivity contribution >= 4 is 5.91 Å². The van der Waals surface area contributed by atoms with Crippen molar-refractivity contribution in [2.45, 2.75) is 39.3 Å². The van der Waals surface area contributed by atoms with Gasteiger partial charge >= 0.3 is 0 Å². The molecule has 0 aliphatic carbocycles. The topological polar surface area (TPSA) is 69.8 Å². The number of hydrogen-bond acceptors (Lipinski definition) is 5. The number of likely N-dealkylation sites (tertiary alicyclic amines) is 1. The van der Waals surface area contributed by atoms with Gasteiger partial charge in [0.1, 0.15) is 0 Å². The van der Waals surface area contributed by atoms with Gasteiger partial charge in [-0.1, -0.05) is 42.4 Å². The molecule has 2 aromatic rings. The highest BCUT2D eigenvalue weighted by Gasteiger charge is 2.34. The molecule has 0 unspecified atom stereocenters. The molecule has 1 fully saturated rings. The van der Waals surface area contributed by atoms with Gasteiger partial charge in [0.05, 0.1) is 6.54 Å². The average Bonchev–Trinajstić information content (AvgIpc) is 3.16. The fraction of sp³-hybridized carbons (Fsp3) is 0.524. The molecule has 27 heavy (non-hydrogen) atoms. The summed E-state index contributed by atoms with van der Waals surface area (Å²) in [6.07, 6.45) is 2.60. The van der Waals surface area contributed by atoms with E-state index in [9.17, 15) is 9.90 Å². The minimum Gasteiger partial charge on any atom is -0.396 e. The highest BCUT2D eigenvalue weighted by atomic mass is 16.5. The van der Waals surface area contributed by atoms with E-state index in [-0.39, 0.29) is 17.9 Å². The third-order valence-corrected chi connectivity index (χ3v) is 5.70. The molecule has 1 saturated heterocycles. The van der Waals surface area contributed by atoms with E-state index < -0.39 is 0 Å². The maximum Gasteiger partial charge on any atom is 0.276 e. The van der Waals surface area contributed by atoms with Crippen LogP contribution in [0.1, 0.15) is 48.0 Å². The predicted molar refractivity (Wildman–Crippen MR) is 103 cm³/mol. The van der Waals surface area contributed by atoms with Crippen molar-refractivity contribution in [2.24, 2.45) is 5.41 Å². The lowest BCUT2D eigenvalue weighted by Crippen LogP contribution is -2.44. The Kier molecular flexibility index (Phi) is 6.29. The van der Waals surface area contributed by atoms with Crippen molar-refractivity contribution < 1.29 is 14.4 Å². The second kappa shape index (κ2) is 8.67. The number of piperidine rings is 1. The van der Waals surface area contributed by atoms with E-state index in [1.54, 1.807) is 6.07 Å². The second-order valence-corrected chi connectivity index (χ2v) is 7.64. The molecule has 1 N–H and O–H groups in total. The summed E-state index contributed by atoms with van der Waals surface area (Å²) in [5.41, 5.74) is 1.56. The summed E-state index contributed by atoms with van der Waals surface area (Å²) in [7, 11) is 2.01. The average molecular weight is 371 g/mol. The van der Waals surface area contributed by atoms with Gasteiger partial charge in [-0.05, 0) is 37.3 Å². The molecular formula is C21H29N3O3. The molecule has 0 spiro atoms. The van der Waals surface area contributed by atoms with E-state index in [4.69, 9.17) is 4.52 Å². The molecule has 0 saturated carbocycles. The number of aliphatic hydroxyl groups is 1. The monoisotopic (exact) mass is 371 g/mol. The summed E-state index contributed by atoms with van der Waals surface area (Å²) in [6, 6.07) is 12.0. The van der Waals surface area contributed by atoms with Crippen molar-refractivity contribution in [2.75, 3.05) is 26.7 Å². The zero-order valence-corrected chi connectivity index (χ0v) is 16.2. The van der Waals surface area contributed by atoms with Crippen LogP contribution in [0.4, 0.5) is 0 Å². The smallest absolute Gasteiger partial charge is 0.276 e. The molecule has 6 nitrogen and oxygen atoms in total. The summed E-state index contributed by atoms with van der Waals surface area (Å²) < 4.78 is 5.39. The van der Waals surface area contributed by atoms with Gasteiger partial charge in [0, 0.05) is 32.3 Å². The maximum atomic E-state index is 12.7. The first-order valence-electron chi connectivity index (χ1n) is 9.63. The van der Waals surface area contributed by atoms with Crippen LogP contribution in [0.3, 0.4) is 0 Å². The van der Waals surface area contributed by atoms with Gasteiger partial charge in [-0.15, -0.1) is 0 Å². The lowest BCUT2D eigenvalue weighted by molar-refractivity contribution is 0.0332. The van der Waals surface area contributed by atoms with Gasteiger partial charge in [0.25, 0.3) is 5.91 Å². The zero-order valence-electron chi connectivity index (χ0n) is 16.2. The summed E-state index contributed by atoms with van der Waals surface area (Å²) in [5, 5.41) is 13.6. The Morgan fingerprint density at radius 3 is 2.59 bits per heavy atom. The van der Waals surface area contributed by atoms with E-state index in [1.807, 2.05) is 30.1 Å². The molecule has 0 radical (unpaired) electrons. The highest BCUT2D eigenvalue weighted by molar-refractivity contribution is 5.92. The first kappa shape index (κ1) is 19.6. The zero-order chi connectivity index (χ0) is 19.3. The number of carbonyl (C=O) groups is 1. The molecule has 1 aromatic carbocycles. The van der Waals surface area contributed by atoms with Crippen LogP contribution in [0.2, 0.25) is 0 Å².